The SMILES string of the molecule is O=C(O)N=Cc1ccccc1O. The van der Waals surface area contributed by atoms with Crippen molar-refractivity contribution in [3.05, 3.63) is 29.8 Å². The van der Waals surface area contributed by atoms with E-state index in [9.17, 15) is 4.79 Å². The molecular formula is C8H7NO3. The number of phenolic OH excluding ortho intramolecular Hbond substituents is 1. The van der Waals surface area contributed by atoms with Crippen molar-refractivity contribution in [3.8, 4) is 5.75 Å². The van der Waals surface area contributed by atoms with Gasteiger partial charge in [0, 0.05) is 11.8 Å². The van der Waals surface area contributed by atoms with Gasteiger partial charge in [-0.25, -0.2) is 4.79 Å². The molecular weight excluding hydrogens is 158 g/mol. The largest absolute Gasteiger partial charge is 0.507 e. The third kappa shape index (κ3) is 2.09. The van der Waals surface area contributed by atoms with Crippen LogP contribution >= 0.6 is 0 Å². The zero-order valence-corrected chi connectivity index (χ0v) is 6.14. The number of amides is 1. The Bertz CT molecular complexity index is 320. The van der Waals surface area contributed by atoms with Crippen LogP contribution in [0.15, 0.2) is 29.3 Å². The third-order valence-corrected chi connectivity index (χ3v) is 1.25. The van der Waals surface area contributed by atoms with Crippen LogP contribution in [-0.4, -0.2) is 22.5 Å². The second-order valence-electron chi connectivity index (χ2n) is 2.10. The minimum absolute atomic E-state index is 0.0162. The molecule has 1 aromatic carbocycles. The van der Waals surface area contributed by atoms with Gasteiger partial charge in [-0.05, 0) is 12.1 Å². The second kappa shape index (κ2) is 3.52. The monoisotopic (exact) mass is 165 g/mol. The maximum absolute atomic E-state index is 10.0. The summed E-state index contributed by atoms with van der Waals surface area (Å²) in [6.45, 7) is 0. The van der Waals surface area contributed by atoms with Gasteiger partial charge in [0.2, 0.25) is 0 Å². The molecule has 0 aliphatic heterocycles. The van der Waals surface area contributed by atoms with Gasteiger partial charge in [0.15, 0.2) is 0 Å². The molecule has 0 saturated carbocycles. The molecule has 0 aliphatic carbocycles. The van der Waals surface area contributed by atoms with Crippen molar-refractivity contribution in [1.29, 1.82) is 0 Å². The molecule has 0 fully saturated rings. The predicted molar refractivity (Wildman–Crippen MR) is 43.7 cm³/mol. The van der Waals surface area contributed by atoms with Gasteiger partial charge in [-0.3, -0.25) is 0 Å². The number of phenols is 1. The zero-order valence-electron chi connectivity index (χ0n) is 6.14. The summed E-state index contributed by atoms with van der Waals surface area (Å²) in [4.78, 5) is 13.1. The first-order valence-corrected chi connectivity index (χ1v) is 3.25. The molecule has 0 radical (unpaired) electrons. The van der Waals surface area contributed by atoms with E-state index in [4.69, 9.17) is 10.2 Å². The first-order chi connectivity index (χ1) is 5.70. The Labute approximate surface area is 68.8 Å². The van der Waals surface area contributed by atoms with E-state index >= 15 is 0 Å². The van der Waals surface area contributed by atoms with Crippen LogP contribution in [0.4, 0.5) is 4.79 Å². The lowest BCUT2D eigenvalue weighted by Gasteiger charge is -1.94. The molecule has 0 unspecified atom stereocenters. The van der Waals surface area contributed by atoms with E-state index in [0.29, 0.717) is 5.56 Å². The minimum Gasteiger partial charge on any atom is -0.507 e. The fourth-order valence-corrected chi connectivity index (χ4v) is 0.721. The van der Waals surface area contributed by atoms with E-state index in [1.807, 2.05) is 0 Å². The smallest absolute Gasteiger partial charge is 0.431 e. The highest BCUT2D eigenvalue weighted by Gasteiger charge is 1.95. The Morgan fingerprint density at radius 2 is 2.08 bits per heavy atom. The second-order valence-corrected chi connectivity index (χ2v) is 2.10. The van der Waals surface area contributed by atoms with Gasteiger partial charge >= 0.3 is 6.09 Å². The van der Waals surface area contributed by atoms with Gasteiger partial charge in [0.1, 0.15) is 5.75 Å². The number of carbonyl (C=O) groups is 1. The van der Waals surface area contributed by atoms with Crippen LogP contribution in [0.25, 0.3) is 0 Å². The highest BCUT2D eigenvalue weighted by molar-refractivity contribution is 5.90. The van der Waals surface area contributed by atoms with Crippen LogP contribution in [0.5, 0.6) is 5.75 Å². The van der Waals surface area contributed by atoms with Crippen molar-refractivity contribution in [2.75, 3.05) is 0 Å². The Balaban J connectivity index is 2.89. The fraction of sp³-hybridized carbons (Fsp3) is 0. The van der Waals surface area contributed by atoms with Gasteiger partial charge in [0.05, 0.1) is 0 Å². The molecule has 4 heteroatoms. The van der Waals surface area contributed by atoms with Crippen molar-refractivity contribution in [2.24, 2.45) is 4.99 Å². The first-order valence-electron chi connectivity index (χ1n) is 3.25. The van der Waals surface area contributed by atoms with Gasteiger partial charge in [-0.1, -0.05) is 12.1 Å². The van der Waals surface area contributed by atoms with E-state index in [1.165, 1.54) is 6.07 Å². The van der Waals surface area contributed by atoms with Crippen molar-refractivity contribution < 1.29 is 15.0 Å². The molecule has 1 rings (SSSR count). The summed E-state index contributed by atoms with van der Waals surface area (Å²) in [6, 6.07) is 6.36. The Morgan fingerprint density at radius 3 is 2.67 bits per heavy atom. The Kier molecular flexibility index (Phi) is 2.42. The van der Waals surface area contributed by atoms with Gasteiger partial charge in [-0.15, -0.1) is 0 Å². The minimum atomic E-state index is -1.28. The summed E-state index contributed by atoms with van der Waals surface area (Å²) in [7, 11) is 0. The van der Waals surface area contributed by atoms with Crippen LogP contribution in [0.3, 0.4) is 0 Å². The summed E-state index contributed by atoms with van der Waals surface area (Å²) < 4.78 is 0. The van der Waals surface area contributed by atoms with E-state index in [2.05, 4.69) is 4.99 Å². The molecule has 1 aromatic rings. The lowest BCUT2D eigenvalue weighted by molar-refractivity contribution is 0.206. The van der Waals surface area contributed by atoms with Crippen molar-refractivity contribution in [1.82, 2.24) is 0 Å². The lowest BCUT2D eigenvalue weighted by Crippen LogP contribution is -1.88. The normalized spacial score (nSPS) is 10.3. The van der Waals surface area contributed by atoms with Gasteiger partial charge in [-0.2, -0.15) is 4.99 Å². The molecule has 1 amide bonds. The third-order valence-electron chi connectivity index (χ3n) is 1.25. The van der Waals surface area contributed by atoms with Crippen LogP contribution in [0, 0.1) is 0 Å². The highest BCUT2D eigenvalue weighted by Crippen LogP contribution is 2.12. The number of rotatable bonds is 1. The average Bonchev–Trinajstić information content (AvgIpc) is 2.03. The summed E-state index contributed by atoms with van der Waals surface area (Å²) in [5, 5.41) is 17.3. The number of nitrogens with zero attached hydrogens (tertiary/aromatic N) is 1. The molecule has 62 valence electrons. The van der Waals surface area contributed by atoms with Crippen LogP contribution in [0.1, 0.15) is 5.56 Å². The van der Waals surface area contributed by atoms with Crippen LogP contribution < -0.4 is 0 Å². The summed E-state index contributed by atoms with van der Waals surface area (Å²) >= 11 is 0. The quantitative estimate of drug-likeness (QED) is 0.619. The molecule has 0 saturated heterocycles. The van der Waals surface area contributed by atoms with Gasteiger partial charge in [0.25, 0.3) is 0 Å². The number of hydrogen-bond acceptors (Lipinski definition) is 2. The summed E-state index contributed by atoms with van der Waals surface area (Å²) in [5.41, 5.74) is 0.389. The average molecular weight is 165 g/mol. The fourth-order valence-electron chi connectivity index (χ4n) is 0.721. The van der Waals surface area contributed by atoms with E-state index in [-0.39, 0.29) is 5.75 Å². The molecule has 2 N–H and O–H groups in total. The van der Waals surface area contributed by atoms with E-state index in [1.54, 1.807) is 18.2 Å². The molecule has 0 aliphatic rings. The molecule has 0 spiro atoms. The number of para-hydroxylation sites is 1. The highest BCUT2D eigenvalue weighted by atomic mass is 16.4. The molecule has 0 aromatic heterocycles. The van der Waals surface area contributed by atoms with Crippen molar-refractivity contribution >= 4 is 12.3 Å². The summed E-state index contributed by atoms with van der Waals surface area (Å²) in [6.07, 6.45) is -0.184. The predicted octanol–water partition coefficient (Wildman–Crippen LogP) is 1.49. The Morgan fingerprint density at radius 1 is 1.42 bits per heavy atom. The standard InChI is InChI=1S/C8H7NO3/c10-7-4-2-1-3-6(7)5-9-8(11)12/h1-5,10H,(H,11,12). The van der Waals surface area contributed by atoms with E-state index < -0.39 is 6.09 Å². The number of benzene rings is 1. The molecule has 0 atom stereocenters. The maximum Gasteiger partial charge on any atom is 0.431 e. The topological polar surface area (TPSA) is 69.9 Å². The van der Waals surface area contributed by atoms with Crippen LogP contribution in [-0.2, 0) is 0 Å². The van der Waals surface area contributed by atoms with E-state index in [0.717, 1.165) is 6.21 Å². The molecule has 12 heavy (non-hydrogen) atoms. The number of carboxylic acid groups (broad SMARTS) is 1. The number of hydrogen-bond donors (Lipinski definition) is 2. The van der Waals surface area contributed by atoms with Crippen LogP contribution in [0.2, 0.25) is 0 Å². The van der Waals surface area contributed by atoms with Crippen molar-refractivity contribution in [3.63, 3.8) is 0 Å². The van der Waals surface area contributed by atoms with Gasteiger partial charge < -0.3 is 10.2 Å². The Hall–Kier alpha value is -1.84. The molecule has 0 bridgehead atoms. The number of aromatic hydroxyl groups is 1. The summed E-state index contributed by atoms with van der Waals surface area (Å²) in [5.74, 6) is 0.0162. The lowest BCUT2D eigenvalue weighted by atomic mass is 10.2. The van der Waals surface area contributed by atoms with Crippen molar-refractivity contribution in [2.45, 2.75) is 0 Å². The zero-order chi connectivity index (χ0) is 8.97. The molecule has 0 heterocycles. The first kappa shape index (κ1) is 8.26. The number of aliphatic imine (C=N–C) groups is 1. The molecule has 4 nitrogen and oxygen atoms in total. The maximum atomic E-state index is 10.0.